The fraction of sp³-hybridized carbons (Fsp3) is 0.441. The predicted molar refractivity (Wildman–Crippen MR) is 168 cm³/mol. The third kappa shape index (κ3) is 12.3. The second-order valence-corrected chi connectivity index (χ2v) is 11.5. The monoisotopic (exact) mass is 638 g/mol. The minimum atomic E-state index is -1.15. The minimum absolute atomic E-state index is 0.00423. The van der Waals surface area contributed by atoms with Crippen molar-refractivity contribution < 1.29 is 37.8 Å². The van der Waals surface area contributed by atoms with Crippen LogP contribution in [0.3, 0.4) is 0 Å². The first-order valence-corrected chi connectivity index (χ1v) is 15.5. The van der Waals surface area contributed by atoms with Gasteiger partial charge in [-0.2, -0.15) is 0 Å². The van der Waals surface area contributed by atoms with Crippen LogP contribution in [-0.4, -0.2) is 61.1 Å². The van der Waals surface area contributed by atoms with E-state index in [9.17, 15) is 28.4 Å². The molecular weight excluding hydrogens is 595 g/mol. The van der Waals surface area contributed by atoms with Crippen LogP contribution in [0.5, 0.6) is 0 Å². The Morgan fingerprint density at radius 1 is 0.935 bits per heavy atom. The van der Waals surface area contributed by atoms with Gasteiger partial charge in [0.05, 0.1) is 6.61 Å². The summed E-state index contributed by atoms with van der Waals surface area (Å²) in [7, 11) is 0. The second-order valence-electron chi connectivity index (χ2n) is 11.5. The van der Waals surface area contributed by atoms with Crippen LogP contribution >= 0.6 is 0 Å². The molecule has 3 rings (SSSR count). The van der Waals surface area contributed by atoms with Crippen molar-refractivity contribution in [2.24, 2.45) is 11.8 Å². The summed E-state index contributed by atoms with van der Waals surface area (Å²) in [5.41, 5.74) is 1.33. The van der Waals surface area contributed by atoms with Gasteiger partial charge in [0.2, 0.25) is 17.7 Å². The van der Waals surface area contributed by atoms with Gasteiger partial charge in [-0.05, 0) is 55.4 Å². The van der Waals surface area contributed by atoms with Gasteiger partial charge >= 0.3 is 12.1 Å². The lowest BCUT2D eigenvalue weighted by atomic mass is 9.96. The van der Waals surface area contributed by atoms with Crippen molar-refractivity contribution in [2.45, 2.75) is 71.2 Å². The van der Waals surface area contributed by atoms with Crippen LogP contribution in [-0.2, 0) is 41.7 Å². The smallest absolute Gasteiger partial charge is 0.408 e. The Kier molecular flexibility index (Phi) is 14.2. The van der Waals surface area contributed by atoms with Gasteiger partial charge in [-0.3, -0.25) is 14.4 Å². The van der Waals surface area contributed by atoms with E-state index in [0.717, 1.165) is 5.56 Å². The molecule has 11 nitrogen and oxygen atoms in total. The van der Waals surface area contributed by atoms with Gasteiger partial charge in [-0.15, -0.1) is 0 Å². The van der Waals surface area contributed by atoms with Gasteiger partial charge in [0.25, 0.3) is 0 Å². The fourth-order valence-corrected chi connectivity index (χ4v) is 4.98. The molecule has 248 valence electrons. The normalized spacial score (nSPS) is 16.3. The zero-order valence-electron chi connectivity index (χ0n) is 26.4. The molecule has 1 saturated heterocycles. The SMILES string of the molecule is CCOC(=O)C=C[C@H](C[C@@H]1CCNC1=O)NC(=O)[C@H](CC(C)C)NC(=O)[C@H](Cc1ccc(F)cc1)NC(=O)OCc1ccccc1. The number of nitrogens with one attached hydrogen (secondary N) is 4. The quantitative estimate of drug-likeness (QED) is 0.163. The third-order valence-corrected chi connectivity index (χ3v) is 7.29. The van der Waals surface area contributed by atoms with Crippen molar-refractivity contribution in [1.29, 1.82) is 0 Å². The van der Waals surface area contributed by atoms with E-state index in [1.54, 1.807) is 31.2 Å². The number of alkyl carbamates (subject to hydrolysis) is 1. The summed E-state index contributed by atoms with van der Waals surface area (Å²) in [5.74, 6) is -2.70. The molecule has 0 spiro atoms. The first-order valence-electron chi connectivity index (χ1n) is 15.5. The summed E-state index contributed by atoms with van der Waals surface area (Å²) in [4.78, 5) is 64.3. The van der Waals surface area contributed by atoms with Crippen molar-refractivity contribution in [3.63, 3.8) is 0 Å². The summed E-state index contributed by atoms with van der Waals surface area (Å²) in [5, 5.41) is 11.0. The van der Waals surface area contributed by atoms with E-state index in [2.05, 4.69) is 21.3 Å². The number of hydrogen-bond donors (Lipinski definition) is 4. The van der Waals surface area contributed by atoms with E-state index < -0.39 is 47.8 Å². The van der Waals surface area contributed by atoms with Crippen LogP contribution < -0.4 is 21.3 Å². The maximum atomic E-state index is 13.7. The number of carbonyl (C=O) groups is 5. The Morgan fingerprint density at radius 3 is 2.26 bits per heavy atom. The maximum Gasteiger partial charge on any atom is 0.408 e. The molecule has 4 atom stereocenters. The number of benzene rings is 2. The second kappa shape index (κ2) is 18.3. The standard InChI is InChI=1S/C34H43FN4O7/c1-4-45-30(40)15-14-27(20-25-16-17-36-31(25)41)37-32(42)28(18-22(2)3)38-33(43)29(19-23-10-12-26(35)13-11-23)39-34(44)46-21-24-8-6-5-7-9-24/h5-15,22,25,27-29H,4,16-21H2,1-3H3,(H,36,41)(H,37,42)(H,38,43)(H,39,44)/t25-,27+,28-,29-/m0/s1. The molecule has 2 aromatic carbocycles. The molecule has 12 heteroatoms. The maximum absolute atomic E-state index is 13.7. The van der Waals surface area contributed by atoms with Crippen LogP contribution in [0.1, 0.15) is 51.2 Å². The number of ether oxygens (including phenoxy) is 2. The minimum Gasteiger partial charge on any atom is -0.463 e. The molecular formula is C34H43FN4O7. The number of amides is 4. The van der Waals surface area contributed by atoms with E-state index in [-0.39, 0.29) is 50.2 Å². The molecule has 0 aliphatic carbocycles. The lowest BCUT2D eigenvalue weighted by molar-refractivity contribution is -0.137. The fourth-order valence-electron chi connectivity index (χ4n) is 4.98. The van der Waals surface area contributed by atoms with Crippen LogP contribution in [0.15, 0.2) is 66.7 Å². The number of rotatable bonds is 16. The molecule has 0 saturated carbocycles. The van der Waals surface area contributed by atoms with Gasteiger partial charge < -0.3 is 30.7 Å². The summed E-state index contributed by atoms with van der Waals surface area (Å²) in [6.45, 7) is 6.14. The first-order chi connectivity index (χ1) is 22.0. The van der Waals surface area contributed by atoms with E-state index in [4.69, 9.17) is 9.47 Å². The van der Waals surface area contributed by atoms with Crippen molar-refractivity contribution in [3.05, 3.63) is 83.7 Å². The zero-order chi connectivity index (χ0) is 33.5. The van der Waals surface area contributed by atoms with Crippen LogP contribution in [0.4, 0.5) is 9.18 Å². The molecule has 4 amide bonds. The molecule has 1 aliphatic heterocycles. The Balaban J connectivity index is 1.76. The molecule has 1 aliphatic rings. The average molecular weight is 639 g/mol. The van der Waals surface area contributed by atoms with Crippen molar-refractivity contribution in [1.82, 2.24) is 21.3 Å². The Bertz CT molecular complexity index is 1350. The molecule has 0 aromatic heterocycles. The highest BCUT2D eigenvalue weighted by Gasteiger charge is 2.31. The van der Waals surface area contributed by atoms with Crippen LogP contribution in [0, 0.1) is 17.7 Å². The average Bonchev–Trinajstić information content (AvgIpc) is 3.43. The van der Waals surface area contributed by atoms with Crippen molar-refractivity contribution in [3.8, 4) is 0 Å². The van der Waals surface area contributed by atoms with E-state index in [1.807, 2.05) is 19.9 Å². The Hall–Kier alpha value is -4.74. The van der Waals surface area contributed by atoms with Crippen molar-refractivity contribution in [2.75, 3.05) is 13.2 Å². The van der Waals surface area contributed by atoms with Gasteiger partial charge in [-0.25, -0.2) is 14.0 Å². The summed E-state index contributed by atoms with van der Waals surface area (Å²) < 4.78 is 23.8. The van der Waals surface area contributed by atoms with Gasteiger partial charge in [0, 0.05) is 31.0 Å². The Morgan fingerprint density at radius 2 is 1.63 bits per heavy atom. The van der Waals surface area contributed by atoms with E-state index in [1.165, 1.54) is 36.4 Å². The number of halogens is 1. The molecule has 4 N–H and O–H groups in total. The molecule has 0 bridgehead atoms. The van der Waals surface area contributed by atoms with E-state index in [0.29, 0.717) is 18.5 Å². The highest BCUT2D eigenvalue weighted by atomic mass is 19.1. The molecule has 1 heterocycles. The molecule has 0 unspecified atom stereocenters. The third-order valence-electron chi connectivity index (χ3n) is 7.29. The predicted octanol–water partition coefficient (Wildman–Crippen LogP) is 3.32. The van der Waals surface area contributed by atoms with E-state index >= 15 is 0 Å². The first kappa shape index (κ1) is 35.7. The van der Waals surface area contributed by atoms with Crippen LogP contribution in [0.2, 0.25) is 0 Å². The van der Waals surface area contributed by atoms with Crippen LogP contribution in [0.25, 0.3) is 0 Å². The highest BCUT2D eigenvalue weighted by Crippen LogP contribution is 2.18. The van der Waals surface area contributed by atoms with Crippen molar-refractivity contribution >= 4 is 29.8 Å². The topological polar surface area (TPSA) is 152 Å². The highest BCUT2D eigenvalue weighted by molar-refractivity contribution is 5.92. The number of carbonyl (C=O) groups excluding carboxylic acids is 5. The largest absolute Gasteiger partial charge is 0.463 e. The summed E-state index contributed by atoms with van der Waals surface area (Å²) in [6, 6.07) is 11.7. The lowest BCUT2D eigenvalue weighted by Crippen LogP contribution is -2.55. The Labute approximate surface area is 268 Å². The molecule has 46 heavy (non-hydrogen) atoms. The van der Waals surface area contributed by atoms with Gasteiger partial charge in [-0.1, -0.05) is 62.4 Å². The molecule has 0 radical (unpaired) electrons. The lowest BCUT2D eigenvalue weighted by Gasteiger charge is -2.26. The summed E-state index contributed by atoms with van der Waals surface area (Å²) >= 11 is 0. The van der Waals surface area contributed by atoms with Gasteiger partial charge in [0.15, 0.2) is 0 Å². The summed E-state index contributed by atoms with van der Waals surface area (Å²) in [6.07, 6.45) is 2.95. The number of hydrogen-bond acceptors (Lipinski definition) is 7. The zero-order valence-corrected chi connectivity index (χ0v) is 26.4. The van der Waals surface area contributed by atoms with Gasteiger partial charge in [0.1, 0.15) is 24.5 Å². The number of esters is 1. The molecule has 2 aromatic rings. The molecule has 1 fully saturated rings.